The van der Waals surface area contributed by atoms with Gasteiger partial charge in [-0.05, 0) is 24.6 Å². The van der Waals surface area contributed by atoms with E-state index in [1.165, 1.54) is 0 Å². The highest BCUT2D eigenvalue weighted by molar-refractivity contribution is 5.84. The van der Waals surface area contributed by atoms with Crippen LogP contribution in [0.25, 0.3) is 10.9 Å². The molecule has 112 valence electrons. The van der Waals surface area contributed by atoms with Gasteiger partial charge in [0.2, 0.25) is 5.91 Å². The van der Waals surface area contributed by atoms with E-state index < -0.39 is 0 Å². The van der Waals surface area contributed by atoms with Crippen LogP contribution in [0, 0.1) is 0 Å². The van der Waals surface area contributed by atoms with Crippen molar-refractivity contribution in [2.24, 2.45) is 0 Å². The molecule has 1 unspecified atom stereocenters. The number of nitrogens with zero attached hydrogens (tertiary/aromatic N) is 3. The Bertz CT molecular complexity index is 766. The van der Waals surface area contributed by atoms with Crippen molar-refractivity contribution >= 4 is 16.8 Å². The van der Waals surface area contributed by atoms with Crippen LogP contribution < -0.4 is 5.32 Å². The van der Waals surface area contributed by atoms with Gasteiger partial charge in [0, 0.05) is 11.6 Å². The summed E-state index contributed by atoms with van der Waals surface area (Å²) < 4.78 is 1.79. The minimum absolute atomic E-state index is 0.0398. The van der Waals surface area contributed by atoms with Gasteiger partial charge in [0.25, 0.3) is 0 Å². The highest BCUT2D eigenvalue weighted by atomic mass is 16.2. The molecular formula is C17H18N4O. The predicted octanol–water partition coefficient (Wildman–Crippen LogP) is 2.70. The summed E-state index contributed by atoms with van der Waals surface area (Å²) in [7, 11) is 0. The number of carbonyl (C=O) groups excluding carboxylic acids is 1. The molecule has 5 nitrogen and oxygen atoms in total. The molecule has 0 fully saturated rings. The van der Waals surface area contributed by atoms with Gasteiger partial charge in [-0.1, -0.05) is 31.2 Å². The number of pyridine rings is 1. The molecule has 2 heterocycles. The van der Waals surface area contributed by atoms with Crippen molar-refractivity contribution in [3.63, 3.8) is 0 Å². The third-order valence-electron chi connectivity index (χ3n) is 3.66. The number of aromatic nitrogens is 3. The largest absolute Gasteiger partial charge is 0.349 e. The van der Waals surface area contributed by atoms with Crippen molar-refractivity contribution in [3.05, 3.63) is 60.6 Å². The fourth-order valence-electron chi connectivity index (χ4n) is 2.51. The van der Waals surface area contributed by atoms with Gasteiger partial charge in [-0.2, -0.15) is 5.10 Å². The number of hydrogen-bond acceptors (Lipinski definition) is 3. The lowest BCUT2D eigenvalue weighted by Crippen LogP contribution is -2.32. The average Bonchev–Trinajstić information content (AvgIpc) is 2.99. The zero-order valence-corrected chi connectivity index (χ0v) is 12.4. The molecule has 0 spiro atoms. The van der Waals surface area contributed by atoms with Crippen LogP contribution in [0.4, 0.5) is 0 Å². The van der Waals surface area contributed by atoms with E-state index in [4.69, 9.17) is 0 Å². The highest BCUT2D eigenvalue weighted by Crippen LogP contribution is 2.20. The molecule has 1 amide bonds. The van der Waals surface area contributed by atoms with E-state index in [1.807, 2.05) is 49.4 Å². The quantitative estimate of drug-likeness (QED) is 0.787. The summed E-state index contributed by atoms with van der Waals surface area (Å²) >= 11 is 0. The van der Waals surface area contributed by atoms with Gasteiger partial charge in [0.1, 0.15) is 6.04 Å². The standard InChI is InChI=1S/C17H18N4O/c1-2-15(17(22)19-12-14-8-5-6-10-18-14)21-16-9-4-3-7-13(16)11-20-21/h3-11,15H,2,12H2,1H3,(H,19,22). The van der Waals surface area contributed by atoms with Crippen LogP contribution in [0.15, 0.2) is 54.9 Å². The van der Waals surface area contributed by atoms with Crippen LogP contribution in [-0.2, 0) is 11.3 Å². The molecule has 3 rings (SSSR count). The molecule has 0 aliphatic rings. The van der Waals surface area contributed by atoms with Crippen LogP contribution >= 0.6 is 0 Å². The number of benzene rings is 1. The first kappa shape index (κ1) is 14.3. The van der Waals surface area contributed by atoms with Gasteiger partial charge in [-0.3, -0.25) is 14.5 Å². The van der Waals surface area contributed by atoms with E-state index in [0.29, 0.717) is 13.0 Å². The number of hydrogen-bond donors (Lipinski definition) is 1. The molecule has 2 aromatic heterocycles. The second-order valence-corrected chi connectivity index (χ2v) is 5.11. The number of para-hydroxylation sites is 1. The second kappa shape index (κ2) is 6.39. The van der Waals surface area contributed by atoms with Crippen LogP contribution in [0.5, 0.6) is 0 Å². The van der Waals surface area contributed by atoms with Gasteiger partial charge >= 0.3 is 0 Å². The molecule has 1 N–H and O–H groups in total. The maximum absolute atomic E-state index is 12.5. The van der Waals surface area contributed by atoms with Gasteiger partial charge in [-0.15, -0.1) is 0 Å². The number of rotatable bonds is 5. The van der Waals surface area contributed by atoms with Crippen LogP contribution in [0.3, 0.4) is 0 Å². The first-order valence-corrected chi connectivity index (χ1v) is 7.39. The summed E-state index contributed by atoms with van der Waals surface area (Å²) in [5.41, 5.74) is 1.82. The summed E-state index contributed by atoms with van der Waals surface area (Å²) in [6, 6.07) is 13.3. The van der Waals surface area contributed by atoms with Crippen molar-refractivity contribution in [1.29, 1.82) is 0 Å². The lowest BCUT2D eigenvalue weighted by atomic mass is 10.2. The monoisotopic (exact) mass is 294 g/mol. The third-order valence-corrected chi connectivity index (χ3v) is 3.66. The molecule has 0 saturated heterocycles. The Morgan fingerprint density at radius 2 is 2.05 bits per heavy atom. The van der Waals surface area contributed by atoms with Crippen molar-refractivity contribution in [2.45, 2.75) is 25.9 Å². The van der Waals surface area contributed by atoms with Gasteiger partial charge in [0.05, 0.1) is 24.0 Å². The van der Waals surface area contributed by atoms with E-state index in [-0.39, 0.29) is 11.9 Å². The van der Waals surface area contributed by atoms with Crippen LogP contribution in [-0.4, -0.2) is 20.7 Å². The predicted molar refractivity (Wildman–Crippen MR) is 85.1 cm³/mol. The topological polar surface area (TPSA) is 59.8 Å². The number of fused-ring (bicyclic) bond motifs is 1. The zero-order chi connectivity index (χ0) is 15.4. The Morgan fingerprint density at radius 3 is 2.82 bits per heavy atom. The number of carbonyl (C=O) groups is 1. The Labute approximate surface area is 129 Å². The maximum Gasteiger partial charge on any atom is 0.245 e. The minimum atomic E-state index is -0.316. The normalized spacial score (nSPS) is 12.2. The summed E-state index contributed by atoms with van der Waals surface area (Å²) in [4.78, 5) is 16.7. The van der Waals surface area contributed by atoms with Gasteiger partial charge in [0.15, 0.2) is 0 Å². The zero-order valence-electron chi connectivity index (χ0n) is 12.4. The fourth-order valence-corrected chi connectivity index (χ4v) is 2.51. The summed E-state index contributed by atoms with van der Waals surface area (Å²) in [6.07, 6.45) is 4.20. The first-order chi connectivity index (χ1) is 10.8. The van der Waals surface area contributed by atoms with Crippen LogP contribution in [0.2, 0.25) is 0 Å². The molecule has 22 heavy (non-hydrogen) atoms. The molecule has 3 aromatic rings. The van der Waals surface area contributed by atoms with Gasteiger partial charge in [-0.25, -0.2) is 0 Å². The Hall–Kier alpha value is -2.69. The average molecular weight is 294 g/mol. The summed E-state index contributed by atoms with van der Waals surface area (Å²) in [6.45, 7) is 2.41. The first-order valence-electron chi connectivity index (χ1n) is 7.39. The smallest absolute Gasteiger partial charge is 0.245 e. The maximum atomic E-state index is 12.5. The lowest BCUT2D eigenvalue weighted by Gasteiger charge is -2.16. The molecule has 0 aliphatic carbocycles. The molecule has 1 aromatic carbocycles. The summed E-state index contributed by atoms with van der Waals surface area (Å²) in [5.74, 6) is -0.0398. The van der Waals surface area contributed by atoms with Crippen molar-refractivity contribution in [1.82, 2.24) is 20.1 Å². The van der Waals surface area contributed by atoms with E-state index >= 15 is 0 Å². The second-order valence-electron chi connectivity index (χ2n) is 5.11. The third kappa shape index (κ3) is 2.83. The van der Waals surface area contributed by atoms with E-state index in [2.05, 4.69) is 15.4 Å². The number of amides is 1. The SMILES string of the molecule is CCC(C(=O)NCc1ccccn1)n1ncc2ccccc21. The highest BCUT2D eigenvalue weighted by Gasteiger charge is 2.20. The molecular weight excluding hydrogens is 276 g/mol. The van der Waals surface area contributed by atoms with Crippen molar-refractivity contribution in [3.8, 4) is 0 Å². The molecule has 5 heteroatoms. The van der Waals surface area contributed by atoms with Crippen molar-refractivity contribution in [2.75, 3.05) is 0 Å². The Kier molecular flexibility index (Phi) is 4.14. The summed E-state index contributed by atoms with van der Waals surface area (Å²) in [5, 5.41) is 8.36. The molecule has 0 aliphatic heterocycles. The Balaban J connectivity index is 1.77. The molecule has 1 atom stereocenters. The Morgan fingerprint density at radius 1 is 1.23 bits per heavy atom. The minimum Gasteiger partial charge on any atom is -0.349 e. The van der Waals surface area contributed by atoms with E-state index in [0.717, 1.165) is 16.6 Å². The van der Waals surface area contributed by atoms with Crippen molar-refractivity contribution < 1.29 is 4.79 Å². The van der Waals surface area contributed by atoms with Crippen LogP contribution in [0.1, 0.15) is 25.1 Å². The lowest BCUT2D eigenvalue weighted by molar-refractivity contribution is -0.124. The van der Waals surface area contributed by atoms with Gasteiger partial charge < -0.3 is 5.32 Å². The molecule has 0 bridgehead atoms. The molecule has 0 radical (unpaired) electrons. The van der Waals surface area contributed by atoms with E-state index in [1.54, 1.807) is 17.1 Å². The molecule has 0 saturated carbocycles. The van der Waals surface area contributed by atoms with E-state index in [9.17, 15) is 4.79 Å². The number of nitrogens with one attached hydrogen (secondary N) is 1. The fraction of sp³-hybridized carbons (Fsp3) is 0.235.